The molecule has 112 valence electrons. The van der Waals surface area contributed by atoms with Crippen molar-refractivity contribution in [3.8, 4) is 5.88 Å². The summed E-state index contributed by atoms with van der Waals surface area (Å²) in [5.74, 6) is 1.49. The standard InChI is InChI=1S/C16H20BrN3O/c1-13(2)21-16-10-15(18-12-19-16)20(9-8-17)11-14-6-4-3-5-7-14/h3-7,10,12-13H,8-9,11H2,1-2H3. The van der Waals surface area contributed by atoms with Gasteiger partial charge in [0.2, 0.25) is 5.88 Å². The van der Waals surface area contributed by atoms with Crippen LogP contribution >= 0.6 is 15.9 Å². The maximum absolute atomic E-state index is 5.64. The molecule has 21 heavy (non-hydrogen) atoms. The molecule has 1 aromatic carbocycles. The molecule has 5 heteroatoms. The molecule has 0 aliphatic rings. The molecule has 0 fully saturated rings. The van der Waals surface area contributed by atoms with Crippen LogP contribution in [0, 0.1) is 0 Å². The molecule has 1 heterocycles. The zero-order valence-corrected chi connectivity index (χ0v) is 14.0. The smallest absolute Gasteiger partial charge is 0.218 e. The summed E-state index contributed by atoms with van der Waals surface area (Å²) in [5.41, 5.74) is 1.25. The molecular weight excluding hydrogens is 330 g/mol. The third-order valence-electron chi connectivity index (χ3n) is 2.88. The van der Waals surface area contributed by atoms with E-state index in [0.717, 1.165) is 24.2 Å². The molecule has 0 aliphatic carbocycles. The molecule has 0 saturated heterocycles. The van der Waals surface area contributed by atoms with Crippen LogP contribution in [0.25, 0.3) is 0 Å². The molecule has 0 amide bonds. The molecule has 0 aliphatic heterocycles. The van der Waals surface area contributed by atoms with Gasteiger partial charge in [-0.3, -0.25) is 0 Å². The van der Waals surface area contributed by atoms with Crippen LogP contribution < -0.4 is 9.64 Å². The Bertz CT molecular complexity index is 548. The Morgan fingerprint density at radius 1 is 1.19 bits per heavy atom. The van der Waals surface area contributed by atoms with Gasteiger partial charge in [-0.25, -0.2) is 9.97 Å². The summed E-state index contributed by atoms with van der Waals surface area (Å²) in [5, 5.41) is 0.879. The fraction of sp³-hybridized carbons (Fsp3) is 0.375. The molecule has 0 radical (unpaired) electrons. The molecule has 0 atom stereocenters. The summed E-state index contributed by atoms with van der Waals surface area (Å²) in [6.45, 7) is 5.65. The summed E-state index contributed by atoms with van der Waals surface area (Å²) in [6.07, 6.45) is 1.66. The predicted molar refractivity (Wildman–Crippen MR) is 89.1 cm³/mol. The van der Waals surface area contributed by atoms with Gasteiger partial charge in [0, 0.05) is 24.5 Å². The summed E-state index contributed by atoms with van der Waals surface area (Å²) in [7, 11) is 0. The zero-order valence-electron chi connectivity index (χ0n) is 12.4. The zero-order chi connectivity index (χ0) is 15.1. The van der Waals surface area contributed by atoms with E-state index in [1.54, 1.807) is 6.33 Å². The van der Waals surface area contributed by atoms with E-state index in [4.69, 9.17) is 4.74 Å². The Morgan fingerprint density at radius 2 is 1.95 bits per heavy atom. The second-order valence-corrected chi connectivity index (χ2v) is 5.77. The van der Waals surface area contributed by atoms with Crippen molar-refractivity contribution in [1.29, 1.82) is 0 Å². The third-order valence-corrected chi connectivity index (χ3v) is 3.23. The third kappa shape index (κ3) is 5.01. The number of hydrogen-bond acceptors (Lipinski definition) is 4. The summed E-state index contributed by atoms with van der Waals surface area (Å²) >= 11 is 3.50. The maximum atomic E-state index is 5.64. The monoisotopic (exact) mass is 349 g/mol. The number of aromatic nitrogens is 2. The average Bonchev–Trinajstić information content (AvgIpc) is 2.47. The number of ether oxygens (including phenoxy) is 1. The van der Waals surface area contributed by atoms with E-state index >= 15 is 0 Å². The topological polar surface area (TPSA) is 38.2 Å². The second-order valence-electron chi connectivity index (χ2n) is 4.98. The average molecular weight is 350 g/mol. The molecule has 0 N–H and O–H groups in total. The Hall–Kier alpha value is -1.62. The fourth-order valence-electron chi connectivity index (χ4n) is 1.99. The van der Waals surface area contributed by atoms with E-state index in [-0.39, 0.29) is 6.10 Å². The number of nitrogens with zero attached hydrogens (tertiary/aromatic N) is 3. The number of anilines is 1. The van der Waals surface area contributed by atoms with Gasteiger partial charge in [-0.15, -0.1) is 0 Å². The lowest BCUT2D eigenvalue weighted by Crippen LogP contribution is -2.26. The van der Waals surface area contributed by atoms with E-state index in [1.165, 1.54) is 5.56 Å². The Kier molecular flexibility index (Phi) is 5.99. The Labute approximate surface area is 134 Å². The van der Waals surface area contributed by atoms with Gasteiger partial charge < -0.3 is 9.64 Å². The van der Waals surface area contributed by atoms with Crippen molar-refractivity contribution in [2.24, 2.45) is 0 Å². The first-order valence-corrected chi connectivity index (χ1v) is 8.14. The lowest BCUT2D eigenvalue weighted by Gasteiger charge is -2.23. The van der Waals surface area contributed by atoms with Crippen LogP contribution in [0.4, 0.5) is 5.82 Å². The normalized spacial score (nSPS) is 10.7. The highest BCUT2D eigenvalue weighted by Gasteiger charge is 2.10. The lowest BCUT2D eigenvalue weighted by atomic mass is 10.2. The van der Waals surface area contributed by atoms with Crippen molar-refractivity contribution < 1.29 is 4.74 Å². The molecule has 1 aromatic heterocycles. The fourth-order valence-corrected chi connectivity index (χ4v) is 2.42. The van der Waals surface area contributed by atoms with Crippen LogP contribution in [0.5, 0.6) is 5.88 Å². The van der Waals surface area contributed by atoms with Crippen molar-refractivity contribution in [1.82, 2.24) is 9.97 Å². The van der Waals surface area contributed by atoms with Gasteiger partial charge in [-0.05, 0) is 19.4 Å². The maximum Gasteiger partial charge on any atom is 0.218 e. The first-order valence-electron chi connectivity index (χ1n) is 7.02. The highest BCUT2D eigenvalue weighted by Crippen LogP contribution is 2.19. The summed E-state index contributed by atoms with van der Waals surface area (Å²) in [4.78, 5) is 10.7. The molecule has 0 bridgehead atoms. The molecule has 0 unspecified atom stereocenters. The number of alkyl halides is 1. The predicted octanol–water partition coefficient (Wildman–Crippen LogP) is 3.67. The first-order chi connectivity index (χ1) is 10.2. The summed E-state index contributed by atoms with van der Waals surface area (Å²) < 4.78 is 5.64. The van der Waals surface area contributed by atoms with Gasteiger partial charge in [0.15, 0.2) is 0 Å². The minimum absolute atomic E-state index is 0.103. The molecule has 2 aromatic rings. The molecule has 0 saturated carbocycles. The molecule has 2 rings (SSSR count). The van der Waals surface area contributed by atoms with E-state index in [2.05, 4.69) is 55.1 Å². The first kappa shape index (κ1) is 15.8. The van der Waals surface area contributed by atoms with Gasteiger partial charge in [0.05, 0.1) is 6.10 Å². The number of rotatable bonds is 7. The summed E-state index contributed by atoms with van der Waals surface area (Å²) in [6, 6.07) is 12.3. The van der Waals surface area contributed by atoms with Gasteiger partial charge in [0.1, 0.15) is 12.1 Å². The quantitative estimate of drug-likeness (QED) is 0.715. The van der Waals surface area contributed by atoms with Crippen molar-refractivity contribution >= 4 is 21.7 Å². The Balaban J connectivity index is 2.17. The highest BCUT2D eigenvalue weighted by molar-refractivity contribution is 9.09. The van der Waals surface area contributed by atoms with Gasteiger partial charge in [-0.2, -0.15) is 0 Å². The van der Waals surface area contributed by atoms with Gasteiger partial charge in [0.25, 0.3) is 0 Å². The van der Waals surface area contributed by atoms with E-state index in [0.29, 0.717) is 5.88 Å². The SMILES string of the molecule is CC(C)Oc1cc(N(CCBr)Cc2ccccc2)ncn1. The van der Waals surface area contributed by atoms with Crippen LogP contribution in [-0.4, -0.2) is 27.9 Å². The largest absolute Gasteiger partial charge is 0.475 e. The minimum Gasteiger partial charge on any atom is -0.475 e. The van der Waals surface area contributed by atoms with Crippen molar-refractivity contribution in [3.05, 3.63) is 48.3 Å². The van der Waals surface area contributed by atoms with E-state index in [9.17, 15) is 0 Å². The number of halogens is 1. The van der Waals surface area contributed by atoms with Crippen LogP contribution in [0.2, 0.25) is 0 Å². The molecule has 0 spiro atoms. The number of benzene rings is 1. The van der Waals surface area contributed by atoms with Crippen molar-refractivity contribution in [2.75, 3.05) is 16.8 Å². The van der Waals surface area contributed by atoms with Gasteiger partial charge >= 0.3 is 0 Å². The van der Waals surface area contributed by atoms with Crippen LogP contribution in [0.1, 0.15) is 19.4 Å². The highest BCUT2D eigenvalue weighted by atomic mass is 79.9. The van der Waals surface area contributed by atoms with Crippen LogP contribution in [0.15, 0.2) is 42.7 Å². The Morgan fingerprint density at radius 3 is 2.62 bits per heavy atom. The van der Waals surface area contributed by atoms with E-state index in [1.807, 2.05) is 26.0 Å². The lowest BCUT2D eigenvalue weighted by molar-refractivity contribution is 0.232. The molecular formula is C16H20BrN3O. The molecule has 4 nitrogen and oxygen atoms in total. The van der Waals surface area contributed by atoms with Gasteiger partial charge in [-0.1, -0.05) is 46.3 Å². The van der Waals surface area contributed by atoms with Crippen LogP contribution in [0.3, 0.4) is 0 Å². The van der Waals surface area contributed by atoms with Crippen molar-refractivity contribution in [2.45, 2.75) is 26.5 Å². The van der Waals surface area contributed by atoms with Crippen LogP contribution in [-0.2, 0) is 6.54 Å². The number of hydrogen-bond donors (Lipinski definition) is 0. The minimum atomic E-state index is 0.103. The van der Waals surface area contributed by atoms with E-state index < -0.39 is 0 Å². The van der Waals surface area contributed by atoms with Crippen molar-refractivity contribution in [3.63, 3.8) is 0 Å². The second kappa shape index (κ2) is 7.98.